The van der Waals surface area contributed by atoms with Crippen molar-refractivity contribution in [1.29, 1.82) is 0 Å². The normalized spacial score (nSPS) is 10.8. The SMILES string of the molecule is Nc1ccc(Sc2cccc(F)c2)c2cccnc12. The first-order chi connectivity index (χ1) is 9.24. The molecule has 0 bridgehead atoms. The lowest BCUT2D eigenvalue weighted by molar-refractivity contribution is 0.624. The van der Waals surface area contributed by atoms with E-state index in [1.165, 1.54) is 23.9 Å². The van der Waals surface area contributed by atoms with E-state index in [1.807, 2.05) is 30.3 Å². The van der Waals surface area contributed by atoms with E-state index in [9.17, 15) is 4.39 Å². The first kappa shape index (κ1) is 12.0. The number of pyridine rings is 1. The Hall–Kier alpha value is -2.07. The Labute approximate surface area is 114 Å². The van der Waals surface area contributed by atoms with Crippen LogP contribution in [-0.2, 0) is 0 Å². The van der Waals surface area contributed by atoms with Crippen LogP contribution in [0.1, 0.15) is 0 Å². The lowest BCUT2D eigenvalue weighted by atomic mass is 10.2. The summed E-state index contributed by atoms with van der Waals surface area (Å²) in [6.45, 7) is 0. The molecule has 0 saturated heterocycles. The summed E-state index contributed by atoms with van der Waals surface area (Å²) < 4.78 is 13.2. The van der Waals surface area contributed by atoms with E-state index in [1.54, 1.807) is 12.3 Å². The van der Waals surface area contributed by atoms with Crippen molar-refractivity contribution >= 4 is 28.4 Å². The molecule has 1 aromatic heterocycles. The molecule has 0 fully saturated rings. The van der Waals surface area contributed by atoms with Gasteiger partial charge in [0.15, 0.2) is 0 Å². The van der Waals surface area contributed by atoms with Crippen LogP contribution in [-0.4, -0.2) is 4.98 Å². The highest BCUT2D eigenvalue weighted by atomic mass is 32.2. The van der Waals surface area contributed by atoms with Crippen LogP contribution in [0.2, 0.25) is 0 Å². The van der Waals surface area contributed by atoms with Gasteiger partial charge in [-0.05, 0) is 36.4 Å². The van der Waals surface area contributed by atoms with Crippen LogP contribution in [0.3, 0.4) is 0 Å². The number of benzene rings is 2. The van der Waals surface area contributed by atoms with Crippen LogP contribution in [0.4, 0.5) is 10.1 Å². The zero-order chi connectivity index (χ0) is 13.2. The average Bonchev–Trinajstić information content (AvgIpc) is 2.42. The smallest absolute Gasteiger partial charge is 0.124 e. The molecule has 2 aromatic carbocycles. The summed E-state index contributed by atoms with van der Waals surface area (Å²) in [5, 5.41) is 0.983. The monoisotopic (exact) mass is 270 g/mol. The van der Waals surface area contributed by atoms with Gasteiger partial charge in [-0.2, -0.15) is 0 Å². The van der Waals surface area contributed by atoms with Crippen LogP contribution in [0.15, 0.2) is 64.5 Å². The van der Waals surface area contributed by atoms with Crippen molar-refractivity contribution in [2.45, 2.75) is 9.79 Å². The zero-order valence-electron chi connectivity index (χ0n) is 10.0. The molecule has 94 valence electrons. The van der Waals surface area contributed by atoms with Crippen LogP contribution < -0.4 is 5.73 Å². The molecule has 0 radical (unpaired) electrons. The summed E-state index contributed by atoms with van der Waals surface area (Å²) in [5.41, 5.74) is 7.34. The van der Waals surface area contributed by atoms with Crippen molar-refractivity contribution in [2.24, 2.45) is 0 Å². The van der Waals surface area contributed by atoms with Crippen LogP contribution in [0.25, 0.3) is 10.9 Å². The molecule has 19 heavy (non-hydrogen) atoms. The molecule has 0 aliphatic carbocycles. The number of nitrogens with two attached hydrogens (primary N) is 1. The molecule has 2 N–H and O–H groups in total. The summed E-state index contributed by atoms with van der Waals surface area (Å²) in [5.74, 6) is -0.233. The molecule has 2 nitrogen and oxygen atoms in total. The summed E-state index contributed by atoms with van der Waals surface area (Å²) in [7, 11) is 0. The highest BCUT2D eigenvalue weighted by Gasteiger charge is 2.06. The summed E-state index contributed by atoms with van der Waals surface area (Å²) in [6.07, 6.45) is 1.72. The topological polar surface area (TPSA) is 38.9 Å². The van der Waals surface area contributed by atoms with Gasteiger partial charge in [-0.1, -0.05) is 23.9 Å². The number of nitrogen functional groups attached to an aromatic ring is 1. The second kappa shape index (κ2) is 4.90. The van der Waals surface area contributed by atoms with Crippen molar-refractivity contribution in [3.8, 4) is 0 Å². The van der Waals surface area contributed by atoms with Gasteiger partial charge >= 0.3 is 0 Å². The van der Waals surface area contributed by atoms with Gasteiger partial charge in [0, 0.05) is 21.4 Å². The Morgan fingerprint density at radius 3 is 2.79 bits per heavy atom. The maximum Gasteiger partial charge on any atom is 0.124 e. The summed E-state index contributed by atoms with van der Waals surface area (Å²) in [6, 6.07) is 14.2. The molecule has 0 spiro atoms. The number of hydrogen-bond acceptors (Lipinski definition) is 3. The van der Waals surface area contributed by atoms with Gasteiger partial charge in [0.1, 0.15) is 5.82 Å². The second-order valence-corrected chi connectivity index (χ2v) is 5.23. The zero-order valence-corrected chi connectivity index (χ0v) is 10.8. The Kier molecular flexibility index (Phi) is 3.09. The Morgan fingerprint density at radius 1 is 1.05 bits per heavy atom. The van der Waals surface area contributed by atoms with Gasteiger partial charge < -0.3 is 5.73 Å². The Bertz CT molecular complexity index is 743. The molecule has 0 atom stereocenters. The third-order valence-corrected chi connectivity index (χ3v) is 3.85. The van der Waals surface area contributed by atoms with Crippen LogP contribution in [0, 0.1) is 5.82 Å². The van der Waals surface area contributed by atoms with Crippen molar-refractivity contribution in [3.05, 3.63) is 60.5 Å². The van der Waals surface area contributed by atoms with E-state index in [0.29, 0.717) is 5.69 Å². The molecule has 3 rings (SSSR count). The molecule has 0 aliphatic rings. The van der Waals surface area contributed by atoms with Gasteiger partial charge in [0.2, 0.25) is 0 Å². The number of rotatable bonds is 2. The minimum Gasteiger partial charge on any atom is -0.397 e. The molecule has 0 aliphatic heterocycles. The van der Waals surface area contributed by atoms with E-state index in [2.05, 4.69) is 4.98 Å². The largest absolute Gasteiger partial charge is 0.397 e. The maximum atomic E-state index is 13.2. The number of aromatic nitrogens is 1. The van der Waals surface area contributed by atoms with Crippen molar-refractivity contribution in [1.82, 2.24) is 4.98 Å². The fourth-order valence-corrected chi connectivity index (χ4v) is 2.90. The number of nitrogens with zero attached hydrogens (tertiary/aromatic N) is 1. The van der Waals surface area contributed by atoms with Crippen molar-refractivity contribution in [3.63, 3.8) is 0 Å². The lowest BCUT2D eigenvalue weighted by Gasteiger charge is -2.07. The van der Waals surface area contributed by atoms with Crippen molar-refractivity contribution < 1.29 is 4.39 Å². The molecule has 1 heterocycles. The number of fused-ring (bicyclic) bond motifs is 1. The van der Waals surface area contributed by atoms with E-state index in [4.69, 9.17) is 5.73 Å². The predicted octanol–water partition coefficient (Wildman–Crippen LogP) is 4.11. The quantitative estimate of drug-likeness (QED) is 0.712. The summed E-state index contributed by atoms with van der Waals surface area (Å²) >= 11 is 1.50. The fraction of sp³-hybridized carbons (Fsp3) is 0. The second-order valence-electron chi connectivity index (χ2n) is 4.11. The van der Waals surface area contributed by atoms with Gasteiger partial charge in [0.05, 0.1) is 11.2 Å². The maximum absolute atomic E-state index is 13.2. The number of anilines is 1. The van der Waals surface area contributed by atoms with E-state index >= 15 is 0 Å². The molecular weight excluding hydrogens is 259 g/mol. The molecule has 4 heteroatoms. The molecular formula is C15H11FN2S. The van der Waals surface area contributed by atoms with Crippen molar-refractivity contribution in [2.75, 3.05) is 5.73 Å². The number of halogens is 1. The van der Waals surface area contributed by atoms with Crippen LogP contribution in [0.5, 0.6) is 0 Å². The van der Waals surface area contributed by atoms with E-state index in [-0.39, 0.29) is 5.82 Å². The van der Waals surface area contributed by atoms with Gasteiger partial charge in [-0.15, -0.1) is 0 Å². The third-order valence-electron chi connectivity index (χ3n) is 2.78. The first-order valence-corrected chi connectivity index (χ1v) is 6.62. The van der Waals surface area contributed by atoms with Crippen LogP contribution >= 0.6 is 11.8 Å². The molecule has 0 unspecified atom stereocenters. The predicted molar refractivity (Wildman–Crippen MR) is 76.7 cm³/mol. The highest BCUT2D eigenvalue weighted by molar-refractivity contribution is 7.99. The van der Waals surface area contributed by atoms with Gasteiger partial charge in [-0.25, -0.2) is 4.39 Å². The minimum atomic E-state index is -0.233. The van der Waals surface area contributed by atoms with E-state index < -0.39 is 0 Å². The Morgan fingerprint density at radius 2 is 1.95 bits per heavy atom. The summed E-state index contributed by atoms with van der Waals surface area (Å²) in [4.78, 5) is 6.16. The van der Waals surface area contributed by atoms with Gasteiger partial charge in [-0.3, -0.25) is 4.98 Å². The number of hydrogen-bond donors (Lipinski definition) is 1. The first-order valence-electron chi connectivity index (χ1n) is 5.81. The molecule has 3 aromatic rings. The minimum absolute atomic E-state index is 0.233. The average molecular weight is 270 g/mol. The highest BCUT2D eigenvalue weighted by Crippen LogP contribution is 2.34. The fourth-order valence-electron chi connectivity index (χ4n) is 1.91. The standard InChI is InChI=1S/C15H11FN2S/c16-10-3-1-4-11(9-10)19-14-7-6-13(17)15-12(14)5-2-8-18-15/h1-9H,17H2. The third kappa shape index (κ3) is 2.39. The van der Waals surface area contributed by atoms with Gasteiger partial charge in [0.25, 0.3) is 0 Å². The molecule has 0 saturated carbocycles. The lowest BCUT2D eigenvalue weighted by Crippen LogP contribution is -1.90. The Balaban J connectivity index is 2.09. The van der Waals surface area contributed by atoms with E-state index in [0.717, 1.165) is 20.7 Å². The molecule has 0 amide bonds.